The number of carboxylic acids is 1. The molecule has 18 heavy (non-hydrogen) atoms. The first-order valence-electron chi connectivity index (χ1n) is 5.27. The van der Waals surface area contributed by atoms with Crippen molar-refractivity contribution in [2.45, 2.75) is 0 Å². The minimum absolute atomic E-state index is 0.345. The fourth-order valence-corrected chi connectivity index (χ4v) is 1.73. The highest BCUT2D eigenvalue weighted by atomic mass is 19.1. The molecule has 0 amide bonds. The maximum Gasteiger partial charge on any atom is 0.328 e. The number of nitrogens with zero attached hydrogens (tertiary/aromatic N) is 2. The molecule has 4 nitrogen and oxygen atoms in total. The van der Waals surface area contributed by atoms with Crippen LogP contribution in [0.5, 0.6) is 0 Å². The van der Waals surface area contributed by atoms with Gasteiger partial charge < -0.3 is 5.11 Å². The van der Waals surface area contributed by atoms with E-state index in [0.717, 1.165) is 6.08 Å². The van der Waals surface area contributed by atoms with Gasteiger partial charge >= 0.3 is 5.97 Å². The van der Waals surface area contributed by atoms with E-state index in [-0.39, 0.29) is 5.82 Å². The molecule has 0 bridgehead atoms. The molecule has 92 valence electrons. The number of carboxylic acid groups (broad SMARTS) is 1. The third kappa shape index (κ3) is 2.45. The third-order valence-corrected chi connectivity index (χ3v) is 2.47. The lowest BCUT2D eigenvalue weighted by molar-refractivity contribution is -0.131. The smallest absolute Gasteiger partial charge is 0.328 e. The molecule has 0 aliphatic carbocycles. The van der Waals surface area contributed by atoms with Gasteiger partial charge in [0.05, 0.1) is 11.9 Å². The summed E-state index contributed by atoms with van der Waals surface area (Å²) in [5, 5.41) is 12.7. The van der Waals surface area contributed by atoms with Crippen LogP contribution < -0.4 is 0 Å². The Morgan fingerprint density at radius 1 is 1.50 bits per heavy atom. The summed E-state index contributed by atoms with van der Waals surface area (Å²) in [6.45, 7) is 0. The summed E-state index contributed by atoms with van der Waals surface area (Å²) in [4.78, 5) is 10.5. The quantitative estimate of drug-likeness (QED) is 0.845. The molecule has 0 aliphatic heterocycles. The van der Waals surface area contributed by atoms with Gasteiger partial charge in [0.25, 0.3) is 0 Å². The van der Waals surface area contributed by atoms with Gasteiger partial charge in [-0.3, -0.25) is 4.68 Å². The first-order valence-corrected chi connectivity index (χ1v) is 5.27. The summed E-state index contributed by atoms with van der Waals surface area (Å²) >= 11 is 0. The van der Waals surface area contributed by atoms with E-state index in [1.807, 2.05) is 0 Å². The van der Waals surface area contributed by atoms with Crippen LogP contribution in [0.2, 0.25) is 0 Å². The van der Waals surface area contributed by atoms with Crippen LogP contribution in [-0.4, -0.2) is 20.9 Å². The molecule has 0 saturated carbocycles. The van der Waals surface area contributed by atoms with Crippen molar-refractivity contribution in [1.82, 2.24) is 9.78 Å². The molecule has 1 N–H and O–H groups in total. The Kier molecular flexibility index (Phi) is 3.23. The molecule has 0 radical (unpaired) electrons. The molecular formula is C13H11FN2O2. The number of aryl methyl sites for hydroxylation is 1. The van der Waals surface area contributed by atoms with Crippen molar-refractivity contribution in [2.75, 3.05) is 0 Å². The first-order chi connectivity index (χ1) is 8.58. The second-order valence-corrected chi connectivity index (χ2v) is 3.75. The average molecular weight is 246 g/mol. The lowest BCUT2D eigenvalue weighted by atomic mass is 10.1. The van der Waals surface area contributed by atoms with Crippen molar-refractivity contribution in [3.8, 4) is 11.3 Å². The monoisotopic (exact) mass is 246 g/mol. The van der Waals surface area contributed by atoms with Crippen LogP contribution in [0.25, 0.3) is 17.3 Å². The van der Waals surface area contributed by atoms with Crippen molar-refractivity contribution in [2.24, 2.45) is 7.05 Å². The second kappa shape index (κ2) is 4.83. The minimum atomic E-state index is -1.04. The number of halogens is 1. The topological polar surface area (TPSA) is 55.1 Å². The summed E-state index contributed by atoms with van der Waals surface area (Å²) in [5.74, 6) is -1.38. The highest BCUT2D eigenvalue weighted by Gasteiger charge is 2.09. The number of rotatable bonds is 3. The van der Waals surface area contributed by atoms with E-state index in [1.165, 1.54) is 18.2 Å². The molecule has 1 aromatic carbocycles. The van der Waals surface area contributed by atoms with Gasteiger partial charge in [-0.05, 0) is 18.2 Å². The minimum Gasteiger partial charge on any atom is -0.478 e. The fourth-order valence-electron chi connectivity index (χ4n) is 1.73. The highest BCUT2D eigenvalue weighted by Crippen LogP contribution is 2.24. The van der Waals surface area contributed by atoms with Crippen molar-refractivity contribution < 1.29 is 14.3 Å². The molecule has 1 heterocycles. The lowest BCUT2D eigenvalue weighted by Gasteiger charge is -2.04. The Morgan fingerprint density at radius 2 is 2.28 bits per heavy atom. The normalized spacial score (nSPS) is 11.0. The van der Waals surface area contributed by atoms with Crippen LogP contribution in [0, 0.1) is 5.82 Å². The number of benzene rings is 1. The molecule has 1 aromatic heterocycles. The standard InChI is InChI=1S/C13H11FN2O2/c1-16-13(9-3-2-4-11(14)7-9)10(8-15-16)5-6-12(17)18/h2-8H,1H3,(H,17,18)/b6-5+. The molecule has 0 spiro atoms. The molecular weight excluding hydrogens is 235 g/mol. The van der Waals surface area contributed by atoms with E-state index in [4.69, 9.17) is 5.11 Å². The summed E-state index contributed by atoms with van der Waals surface area (Å²) in [6, 6.07) is 6.09. The first kappa shape index (κ1) is 12.0. The maximum atomic E-state index is 13.2. The van der Waals surface area contributed by atoms with Crippen LogP contribution in [0.4, 0.5) is 4.39 Å². The van der Waals surface area contributed by atoms with Gasteiger partial charge in [-0.2, -0.15) is 5.10 Å². The van der Waals surface area contributed by atoms with Crippen LogP contribution >= 0.6 is 0 Å². The molecule has 0 fully saturated rings. The molecule has 2 rings (SSSR count). The zero-order valence-corrected chi connectivity index (χ0v) is 9.67. The SMILES string of the molecule is Cn1ncc(/C=C/C(=O)O)c1-c1cccc(F)c1. The van der Waals surface area contributed by atoms with Gasteiger partial charge in [0, 0.05) is 24.3 Å². The van der Waals surface area contributed by atoms with Crippen molar-refractivity contribution in [3.63, 3.8) is 0 Å². The maximum absolute atomic E-state index is 13.2. The van der Waals surface area contributed by atoms with Crippen molar-refractivity contribution >= 4 is 12.0 Å². The number of hydrogen-bond acceptors (Lipinski definition) is 2. The van der Waals surface area contributed by atoms with Gasteiger partial charge in [-0.25, -0.2) is 9.18 Å². The Hall–Kier alpha value is -2.43. The molecule has 5 heteroatoms. The van der Waals surface area contributed by atoms with Gasteiger partial charge in [0.15, 0.2) is 0 Å². The number of carbonyl (C=O) groups is 1. The Labute approximate surface area is 103 Å². The number of aromatic nitrogens is 2. The predicted octanol–water partition coefficient (Wildman–Crippen LogP) is 2.32. The lowest BCUT2D eigenvalue weighted by Crippen LogP contribution is -1.95. The van der Waals surface area contributed by atoms with E-state index in [9.17, 15) is 9.18 Å². The fraction of sp³-hybridized carbons (Fsp3) is 0.0769. The van der Waals surface area contributed by atoms with E-state index in [0.29, 0.717) is 16.8 Å². The van der Waals surface area contributed by atoms with Crippen LogP contribution in [0.3, 0.4) is 0 Å². The zero-order valence-electron chi connectivity index (χ0n) is 9.67. The van der Waals surface area contributed by atoms with Gasteiger partial charge in [0.1, 0.15) is 5.82 Å². The van der Waals surface area contributed by atoms with Crippen LogP contribution in [0.1, 0.15) is 5.56 Å². The Bertz CT molecular complexity index is 617. The van der Waals surface area contributed by atoms with Gasteiger partial charge in [-0.1, -0.05) is 12.1 Å². The van der Waals surface area contributed by atoms with Gasteiger partial charge in [0.2, 0.25) is 0 Å². The summed E-state index contributed by atoms with van der Waals surface area (Å²) in [7, 11) is 1.72. The van der Waals surface area contributed by atoms with Crippen molar-refractivity contribution in [1.29, 1.82) is 0 Å². The average Bonchev–Trinajstić information content (AvgIpc) is 2.68. The highest BCUT2D eigenvalue weighted by molar-refractivity contribution is 5.87. The number of hydrogen-bond donors (Lipinski definition) is 1. The second-order valence-electron chi connectivity index (χ2n) is 3.75. The van der Waals surface area contributed by atoms with Crippen LogP contribution in [-0.2, 0) is 11.8 Å². The van der Waals surface area contributed by atoms with Crippen molar-refractivity contribution in [3.05, 3.63) is 47.9 Å². The van der Waals surface area contributed by atoms with E-state index < -0.39 is 5.97 Å². The number of aliphatic carboxylic acids is 1. The molecule has 0 saturated heterocycles. The molecule has 2 aromatic rings. The predicted molar refractivity (Wildman–Crippen MR) is 65.3 cm³/mol. The summed E-state index contributed by atoms with van der Waals surface area (Å²) < 4.78 is 14.8. The third-order valence-electron chi connectivity index (χ3n) is 2.47. The summed E-state index contributed by atoms with van der Waals surface area (Å²) in [5.41, 5.74) is 1.96. The molecule has 0 aliphatic rings. The molecule has 0 atom stereocenters. The van der Waals surface area contributed by atoms with E-state index in [2.05, 4.69) is 5.10 Å². The Morgan fingerprint density at radius 3 is 2.94 bits per heavy atom. The van der Waals surface area contributed by atoms with Crippen LogP contribution in [0.15, 0.2) is 36.5 Å². The largest absolute Gasteiger partial charge is 0.478 e. The Balaban J connectivity index is 2.50. The van der Waals surface area contributed by atoms with E-state index >= 15 is 0 Å². The van der Waals surface area contributed by atoms with E-state index in [1.54, 1.807) is 30.1 Å². The zero-order chi connectivity index (χ0) is 13.1. The molecule has 0 unspecified atom stereocenters. The summed E-state index contributed by atoms with van der Waals surface area (Å²) in [6.07, 6.45) is 4.01. The van der Waals surface area contributed by atoms with Gasteiger partial charge in [-0.15, -0.1) is 0 Å².